The highest BCUT2D eigenvalue weighted by molar-refractivity contribution is 7.13. The van der Waals surface area contributed by atoms with Crippen LogP contribution < -0.4 is 16.0 Å². The first kappa shape index (κ1) is 36.0. The number of methoxy groups -OCH3 is 1. The van der Waals surface area contributed by atoms with Gasteiger partial charge in [0.15, 0.2) is 11.4 Å². The number of thiazole rings is 1. The molecule has 0 fully saturated rings. The van der Waals surface area contributed by atoms with Gasteiger partial charge < -0.3 is 30.2 Å². The van der Waals surface area contributed by atoms with Gasteiger partial charge in [-0.25, -0.2) is 4.98 Å². The molecular weight excluding hydrogens is 592 g/mol. The average molecular weight is 633 g/mol. The van der Waals surface area contributed by atoms with Gasteiger partial charge in [-0.3, -0.25) is 28.8 Å². The summed E-state index contributed by atoms with van der Waals surface area (Å²) in [6.45, 7) is 6.03. The molecule has 1 aromatic carbocycles. The number of ketones is 1. The molecule has 3 N–H and O–H groups in total. The lowest BCUT2D eigenvalue weighted by atomic mass is 9.88. The largest absolute Gasteiger partial charge is 0.466 e. The summed E-state index contributed by atoms with van der Waals surface area (Å²) in [5, 5.41) is 8.36. The molecule has 0 aliphatic heterocycles. The van der Waals surface area contributed by atoms with Crippen molar-refractivity contribution in [3.63, 3.8) is 0 Å². The lowest BCUT2D eigenvalue weighted by Gasteiger charge is -2.31. The number of aromatic nitrogens is 1. The molecule has 0 saturated carbocycles. The van der Waals surface area contributed by atoms with Crippen LogP contribution in [0.1, 0.15) is 60.3 Å². The number of nitrogens with one attached hydrogen (secondary N) is 3. The van der Waals surface area contributed by atoms with Gasteiger partial charge in [-0.2, -0.15) is 0 Å². The first-order valence-electron chi connectivity index (χ1n) is 14.2. The molecule has 0 radical (unpaired) electrons. The minimum absolute atomic E-state index is 0.0892. The van der Waals surface area contributed by atoms with Gasteiger partial charge in [0.2, 0.25) is 11.8 Å². The third-order valence-corrected chi connectivity index (χ3v) is 7.44. The maximum atomic E-state index is 13.8. The highest BCUT2D eigenvalue weighted by Gasteiger charge is 2.40. The minimum Gasteiger partial charge on any atom is -0.466 e. The molecule has 240 valence electrons. The van der Waals surface area contributed by atoms with E-state index in [9.17, 15) is 28.8 Å². The normalized spacial score (nSPS) is 13.5. The Morgan fingerprint density at radius 2 is 1.66 bits per heavy atom. The van der Waals surface area contributed by atoms with E-state index in [0.29, 0.717) is 9.88 Å². The Bertz CT molecular complexity index is 1300. The smallest absolute Gasteiger partial charge is 0.307 e. The van der Waals surface area contributed by atoms with E-state index in [0.717, 1.165) is 5.56 Å². The van der Waals surface area contributed by atoms with Gasteiger partial charge >= 0.3 is 11.9 Å². The maximum absolute atomic E-state index is 13.8. The van der Waals surface area contributed by atoms with Crippen LogP contribution in [0.4, 0.5) is 0 Å². The molecule has 3 atom stereocenters. The number of esters is 2. The molecule has 0 aliphatic rings. The molecule has 3 amide bonds. The minimum atomic E-state index is -1.61. The summed E-state index contributed by atoms with van der Waals surface area (Å²) in [7, 11) is 1.37. The second-order valence-electron chi connectivity index (χ2n) is 9.98. The van der Waals surface area contributed by atoms with Crippen molar-refractivity contribution in [2.75, 3.05) is 26.9 Å². The van der Waals surface area contributed by atoms with Crippen LogP contribution in [0.5, 0.6) is 0 Å². The molecule has 0 unspecified atom stereocenters. The molecule has 0 bridgehead atoms. The van der Waals surface area contributed by atoms with E-state index >= 15 is 0 Å². The fraction of sp³-hybridized carbons (Fsp3) is 0.500. The Hall–Kier alpha value is -4.17. The second-order valence-corrected chi connectivity index (χ2v) is 11.2. The molecular formula is C30H40N4O9S. The predicted molar refractivity (Wildman–Crippen MR) is 161 cm³/mol. The number of nitrogens with zero attached hydrogens (tertiary/aromatic N) is 1. The summed E-state index contributed by atoms with van der Waals surface area (Å²) < 4.78 is 15.4. The van der Waals surface area contributed by atoms with E-state index in [4.69, 9.17) is 14.2 Å². The third kappa shape index (κ3) is 11.5. The van der Waals surface area contributed by atoms with E-state index in [1.54, 1.807) is 51.1 Å². The topological polar surface area (TPSA) is 179 Å². The van der Waals surface area contributed by atoms with Crippen molar-refractivity contribution in [3.05, 3.63) is 52.0 Å². The van der Waals surface area contributed by atoms with Crippen LogP contribution in [0.3, 0.4) is 0 Å². The third-order valence-electron chi connectivity index (χ3n) is 6.53. The van der Waals surface area contributed by atoms with Gasteiger partial charge in [-0.1, -0.05) is 37.3 Å². The first-order chi connectivity index (χ1) is 20.9. The van der Waals surface area contributed by atoms with Crippen LogP contribution in [0.2, 0.25) is 0 Å². The van der Waals surface area contributed by atoms with Gasteiger partial charge in [0.25, 0.3) is 5.91 Å². The molecule has 2 aromatic rings. The van der Waals surface area contributed by atoms with Crippen LogP contribution in [0, 0.1) is 6.92 Å². The van der Waals surface area contributed by atoms with Gasteiger partial charge in [0.1, 0.15) is 10.9 Å². The molecule has 13 nitrogen and oxygen atoms in total. The van der Waals surface area contributed by atoms with E-state index in [2.05, 4.69) is 20.9 Å². The molecule has 1 heterocycles. The SMILES string of the molecule is CCOC(=O)CCC(=O)O[C@](C)(CC)C(=O)[C@H](Cc1ccccc1)NC(=O)CNC(=O)[C@H](COC)NC(=O)c1cnc(C)s1. The lowest BCUT2D eigenvalue weighted by Crippen LogP contribution is -2.55. The van der Waals surface area contributed by atoms with Crippen molar-refractivity contribution in [1.29, 1.82) is 0 Å². The number of ether oxygens (including phenoxy) is 3. The summed E-state index contributed by atoms with van der Waals surface area (Å²) >= 11 is 1.17. The molecule has 44 heavy (non-hydrogen) atoms. The number of hydrogen-bond donors (Lipinski definition) is 3. The van der Waals surface area contributed by atoms with Crippen LogP contribution in [-0.2, 0) is 44.6 Å². The zero-order chi connectivity index (χ0) is 32.7. The van der Waals surface area contributed by atoms with Crippen molar-refractivity contribution in [2.45, 2.75) is 71.1 Å². The van der Waals surface area contributed by atoms with Gasteiger partial charge in [0, 0.05) is 7.11 Å². The summed E-state index contributed by atoms with van der Waals surface area (Å²) in [4.78, 5) is 80.7. The van der Waals surface area contributed by atoms with Crippen LogP contribution in [0.25, 0.3) is 0 Å². The van der Waals surface area contributed by atoms with E-state index in [-0.39, 0.29) is 38.9 Å². The van der Waals surface area contributed by atoms with E-state index in [1.807, 2.05) is 0 Å². The number of aryl methyl sites for hydroxylation is 1. The van der Waals surface area contributed by atoms with E-state index < -0.39 is 59.7 Å². The van der Waals surface area contributed by atoms with Crippen molar-refractivity contribution in [1.82, 2.24) is 20.9 Å². The van der Waals surface area contributed by atoms with Crippen molar-refractivity contribution < 1.29 is 43.0 Å². The van der Waals surface area contributed by atoms with Gasteiger partial charge in [-0.15, -0.1) is 11.3 Å². The fourth-order valence-corrected chi connectivity index (χ4v) is 4.73. The van der Waals surface area contributed by atoms with Gasteiger partial charge in [-0.05, 0) is 39.2 Å². The molecule has 0 aliphatic carbocycles. The average Bonchev–Trinajstić information content (AvgIpc) is 3.44. The zero-order valence-corrected chi connectivity index (χ0v) is 26.4. The Kier molecular flexibility index (Phi) is 14.6. The predicted octanol–water partition coefficient (Wildman–Crippen LogP) is 1.66. The lowest BCUT2D eigenvalue weighted by molar-refractivity contribution is -0.168. The van der Waals surface area contributed by atoms with E-state index in [1.165, 1.54) is 31.6 Å². The molecule has 1 aromatic heterocycles. The molecule has 0 saturated heterocycles. The number of rotatable bonds is 18. The first-order valence-corrected chi connectivity index (χ1v) is 15.0. The zero-order valence-electron chi connectivity index (χ0n) is 25.6. The standard InChI is InChI=1S/C30H40N4O9S/c1-6-30(4,43-26(37)14-13-25(36)42-7-2)27(38)21(15-20-11-9-8-10-12-20)33-24(35)17-32-28(39)22(18-41-5)34-29(40)23-16-31-19(3)44-23/h8-12,16,21-22H,6-7,13-15,17-18H2,1-5H3,(H,32,39)(H,33,35)(H,34,40)/t21-,22-,30+/m0/s1. The van der Waals surface area contributed by atoms with Crippen molar-refractivity contribution in [2.24, 2.45) is 0 Å². The highest BCUT2D eigenvalue weighted by atomic mass is 32.1. The maximum Gasteiger partial charge on any atom is 0.307 e. The Morgan fingerprint density at radius 3 is 2.25 bits per heavy atom. The summed E-state index contributed by atoms with van der Waals surface area (Å²) in [6.07, 6.45) is 1.12. The Balaban J connectivity index is 2.10. The molecule has 0 spiro atoms. The fourth-order valence-electron chi connectivity index (χ4n) is 4.05. The molecule has 14 heteroatoms. The van der Waals surface area contributed by atoms with Crippen LogP contribution in [0.15, 0.2) is 36.5 Å². The quantitative estimate of drug-likeness (QED) is 0.205. The summed E-state index contributed by atoms with van der Waals surface area (Å²) in [6, 6.07) is 6.73. The number of carbonyl (C=O) groups is 6. The number of benzene rings is 1. The van der Waals surface area contributed by atoms with Crippen molar-refractivity contribution >= 4 is 46.8 Å². The Labute approximate surface area is 260 Å². The monoisotopic (exact) mass is 632 g/mol. The molecule has 2 rings (SSSR count). The van der Waals surface area contributed by atoms with Crippen LogP contribution >= 0.6 is 11.3 Å². The summed E-state index contributed by atoms with van der Waals surface area (Å²) in [5.74, 6) is -3.74. The number of Topliss-reactive ketones (excluding diaryl/α,β-unsaturated/α-hetero) is 1. The summed E-state index contributed by atoms with van der Waals surface area (Å²) in [5.41, 5.74) is -0.867. The van der Waals surface area contributed by atoms with Crippen molar-refractivity contribution in [3.8, 4) is 0 Å². The van der Waals surface area contributed by atoms with Gasteiger partial charge in [0.05, 0.1) is 49.8 Å². The Morgan fingerprint density at radius 1 is 0.977 bits per heavy atom. The number of hydrogen-bond acceptors (Lipinski definition) is 11. The highest BCUT2D eigenvalue weighted by Crippen LogP contribution is 2.22. The van der Waals surface area contributed by atoms with Crippen LogP contribution in [-0.4, -0.2) is 85.0 Å². The number of carbonyl (C=O) groups excluding carboxylic acids is 6. The second kappa shape index (κ2) is 17.8. The number of amides is 3.